The Bertz CT molecular complexity index is 1420. The van der Waals surface area contributed by atoms with E-state index in [1.54, 1.807) is 43.1 Å². The van der Waals surface area contributed by atoms with Crippen LogP contribution in [0.2, 0.25) is 0 Å². The molecule has 40 heavy (non-hydrogen) atoms. The molecule has 0 saturated carbocycles. The Hall–Kier alpha value is -3.65. The first-order valence-electron chi connectivity index (χ1n) is 14.1. The van der Waals surface area contributed by atoms with E-state index in [9.17, 15) is 14.0 Å². The first-order chi connectivity index (χ1) is 19.1. The van der Waals surface area contributed by atoms with E-state index in [4.69, 9.17) is 9.47 Å². The van der Waals surface area contributed by atoms with Gasteiger partial charge in [-0.05, 0) is 87.8 Å². The largest absolute Gasteiger partial charge is 0.492 e. The van der Waals surface area contributed by atoms with Crippen molar-refractivity contribution in [2.45, 2.75) is 58.5 Å². The maximum absolute atomic E-state index is 14.0. The molecule has 1 amide bonds. The Kier molecular flexibility index (Phi) is 7.99. The lowest BCUT2D eigenvalue weighted by Crippen LogP contribution is -2.37. The zero-order valence-corrected chi connectivity index (χ0v) is 23.8. The fourth-order valence-electron chi connectivity index (χ4n) is 5.74. The Morgan fingerprint density at radius 2 is 1.77 bits per heavy atom. The van der Waals surface area contributed by atoms with E-state index < -0.39 is 11.4 Å². The zero-order chi connectivity index (χ0) is 28.4. The standard InChI is InChI=1S/C32H38FN3O4/c1-21(2)40-31(38)26-19-36(20-32(3,4)28-25-13-10-23(33)18-27(25)34-29(26)28)30(37)22-8-11-24(12-9-22)39-17-16-35-14-6-5-7-15-35/h8-13,18-19,21,34H,5-7,14-17,20H2,1-4H3. The highest BCUT2D eigenvalue weighted by atomic mass is 19.1. The molecule has 2 aliphatic rings. The number of carbonyl (C=O) groups excluding carboxylic acids is 2. The average Bonchev–Trinajstić information content (AvgIpc) is 3.25. The van der Waals surface area contributed by atoms with Crippen LogP contribution in [0.3, 0.4) is 0 Å². The van der Waals surface area contributed by atoms with Crippen molar-refractivity contribution < 1.29 is 23.5 Å². The topological polar surface area (TPSA) is 74.9 Å². The minimum atomic E-state index is -0.561. The van der Waals surface area contributed by atoms with Gasteiger partial charge in [0.1, 0.15) is 18.2 Å². The Labute approximate surface area is 234 Å². The fraction of sp³-hybridized carbons (Fsp3) is 0.438. The van der Waals surface area contributed by atoms with Gasteiger partial charge in [0, 0.05) is 41.2 Å². The summed E-state index contributed by atoms with van der Waals surface area (Å²) in [5.74, 6) is -0.428. The molecule has 2 aromatic carbocycles. The van der Waals surface area contributed by atoms with Crippen LogP contribution in [-0.2, 0) is 14.9 Å². The van der Waals surface area contributed by atoms with Crippen LogP contribution in [0.5, 0.6) is 5.75 Å². The van der Waals surface area contributed by atoms with Crippen LogP contribution in [0.1, 0.15) is 68.6 Å². The number of hydrogen-bond donors (Lipinski definition) is 1. The van der Waals surface area contributed by atoms with Gasteiger partial charge < -0.3 is 19.4 Å². The number of nitrogens with zero attached hydrogens (tertiary/aromatic N) is 2. The number of likely N-dealkylation sites (tertiary alicyclic amines) is 1. The van der Waals surface area contributed by atoms with Gasteiger partial charge in [-0.2, -0.15) is 0 Å². The minimum absolute atomic E-state index is 0.233. The number of fused-ring (bicyclic) bond motifs is 3. The van der Waals surface area contributed by atoms with Crippen molar-refractivity contribution in [1.29, 1.82) is 0 Å². The molecule has 0 unspecified atom stereocenters. The van der Waals surface area contributed by atoms with Crippen LogP contribution in [0.15, 0.2) is 48.7 Å². The van der Waals surface area contributed by atoms with Crippen LogP contribution >= 0.6 is 0 Å². The van der Waals surface area contributed by atoms with Crippen molar-refractivity contribution >= 4 is 28.4 Å². The molecule has 3 heterocycles. The minimum Gasteiger partial charge on any atom is -0.492 e. The number of aromatic amines is 1. The van der Waals surface area contributed by atoms with Gasteiger partial charge in [-0.25, -0.2) is 9.18 Å². The van der Waals surface area contributed by atoms with E-state index in [2.05, 4.69) is 9.88 Å². The van der Waals surface area contributed by atoms with Crippen molar-refractivity contribution in [1.82, 2.24) is 14.8 Å². The number of rotatable bonds is 7. The highest BCUT2D eigenvalue weighted by Crippen LogP contribution is 2.41. The number of esters is 1. The third-order valence-corrected chi connectivity index (χ3v) is 7.61. The monoisotopic (exact) mass is 547 g/mol. The molecule has 8 heteroatoms. The second kappa shape index (κ2) is 11.5. The summed E-state index contributed by atoms with van der Waals surface area (Å²) in [5.41, 5.74) is 2.15. The summed E-state index contributed by atoms with van der Waals surface area (Å²) < 4.78 is 25.5. The van der Waals surface area contributed by atoms with Crippen molar-refractivity contribution in [3.8, 4) is 5.75 Å². The molecule has 2 aliphatic heterocycles. The quantitative estimate of drug-likeness (QED) is 0.373. The van der Waals surface area contributed by atoms with Crippen LogP contribution in [0, 0.1) is 5.82 Å². The number of hydrogen-bond acceptors (Lipinski definition) is 5. The highest BCUT2D eigenvalue weighted by molar-refractivity contribution is 6.18. The molecule has 5 rings (SSSR count). The third kappa shape index (κ3) is 5.92. The van der Waals surface area contributed by atoms with E-state index in [1.165, 1.54) is 31.4 Å². The number of nitrogens with one attached hydrogen (secondary N) is 1. The fourth-order valence-corrected chi connectivity index (χ4v) is 5.74. The number of piperidine rings is 1. The zero-order valence-electron chi connectivity index (χ0n) is 23.8. The number of amides is 1. The molecule has 1 fully saturated rings. The van der Waals surface area contributed by atoms with E-state index in [-0.39, 0.29) is 23.4 Å². The van der Waals surface area contributed by atoms with Crippen LogP contribution in [-0.4, -0.2) is 65.6 Å². The van der Waals surface area contributed by atoms with Crippen molar-refractivity contribution in [3.05, 3.63) is 71.3 Å². The molecule has 1 N–H and O–H groups in total. The van der Waals surface area contributed by atoms with Crippen LogP contribution < -0.4 is 4.74 Å². The van der Waals surface area contributed by atoms with Crippen LogP contribution in [0.25, 0.3) is 16.5 Å². The van der Waals surface area contributed by atoms with Gasteiger partial charge >= 0.3 is 5.97 Å². The van der Waals surface area contributed by atoms with Crippen molar-refractivity contribution in [3.63, 3.8) is 0 Å². The van der Waals surface area contributed by atoms with Crippen LogP contribution in [0.4, 0.5) is 4.39 Å². The third-order valence-electron chi connectivity index (χ3n) is 7.61. The predicted octanol–water partition coefficient (Wildman–Crippen LogP) is 5.90. The lowest BCUT2D eigenvalue weighted by molar-refractivity contribution is -0.140. The molecule has 0 bridgehead atoms. The second-order valence-corrected chi connectivity index (χ2v) is 11.7. The maximum atomic E-state index is 14.0. The van der Waals surface area contributed by atoms with E-state index in [0.717, 1.165) is 36.3 Å². The molecular weight excluding hydrogens is 509 g/mol. The first kappa shape index (κ1) is 27.9. The summed E-state index contributed by atoms with van der Waals surface area (Å²) in [7, 11) is 0. The van der Waals surface area contributed by atoms with Gasteiger partial charge in [0.2, 0.25) is 0 Å². The Morgan fingerprint density at radius 3 is 2.48 bits per heavy atom. The molecule has 212 valence electrons. The molecule has 0 aliphatic carbocycles. The van der Waals surface area contributed by atoms with E-state index in [0.29, 0.717) is 29.9 Å². The molecule has 1 saturated heterocycles. The van der Waals surface area contributed by atoms with E-state index in [1.807, 2.05) is 26.0 Å². The van der Waals surface area contributed by atoms with Crippen molar-refractivity contribution in [2.24, 2.45) is 0 Å². The van der Waals surface area contributed by atoms with Gasteiger partial charge in [0.05, 0.1) is 17.4 Å². The number of halogens is 1. The van der Waals surface area contributed by atoms with Gasteiger partial charge in [-0.15, -0.1) is 0 Å². The number of benzene rings is 2. The predicted molar refractivity (Wildman–Crippen MR) is 154 cm³/mol. The SMILES string of the molecule is CC(C)OC(=O)C1=CN(C(=O)c2ccc(OCCN3CCCCC3)cc2)CC(C)(C)c2c1[nH]c1cc(F)ccc21. The highest BCUT2D eigenvalue weighted by Gasteiger charge is 2.37. The molecular formula is C32H38FN3O4. The summed E-state index contributed by atoms with van der Waals surface area (Å²) in [6, 6.07) is 11.7. The molecule has 7 nitrogen and oxygen atoms in total. The normalized spacial score (nSPS) is 17.4. The van der Waals surface area contributed by atoms with Gasteiger partial charge in [0.15, 0.2) is 0 Å². The number of ether oxygens (including phenoxy) is 2. The lowest BCUT2D eigenvalue weighted by Gasteiger charge is -2.29. The number of aromatic nitrogens is 1. The summed E-state index contributed by atoms with van der Waals surface area (Å²) >= 11 is 0. The lowest BCUT2D eigenvalue weighted by atomic mass is 9.81. The molecule has 0 radical (unpaired) electrons. The first-order valence-corrected chi connectivity index (χ1v) is 14.1. The average molecular weight is 548 g/mol. The summed E-state index contributed by atoms with van der Waals surface area (Å²) in [4.78, 5) is 34.3. The number of carbonyl (C=O) groups is 2. The smallest absolute Gasteiger partial charge is 0.342 e. The maximum Gasteiger partial charge on any atom is 0.342 e. The summed E-state index contributed by atoms with van der Waals surface area (Å²) in [5, 5.41) is 0.810. The molecule has 3 aromatic rings. The molecule has 1 aromatic heterocycles. The van der Waals surface area contributed by atoms with E-state index >= 15 is 0 Å². The second-order valence-electron chi connectivity index (χ2n) is 11.7. The van der Waals surface area contributed by atoms with Gasteiger partial charge in [0.25, 0.3) is 5.91 Å². The van der Waals surface area contributed by atoms with Crippen molar-refractivity contribution in [2.75, 3.05) is 32.8 Å². The molecule has 0 spiro atoms. The number of H-pyrrole nitrogens is 1. The Balaban J connectivity index is 1.41. The Morgan fingerprint density at radius 1 is 1.05 bits per heavy atom. The van der Waals surface area contributed by atoms with Gasteiger partial charge in [-0.1, -0.05) is 20.3 Å². The molecule has 0 atom stereocenters. The van der Waals surface area contributed by atoms with Gasteiger partial charge in [-0.3, -0.25) is 9.69 Å². The summed E-state index contributed by atoms with van der Waals surface area (Å²) in [6.07, 6.45) is 5.01. The summed E-state index contributed by atoms with van der Waals surface area (Å²) in [6.45, 7) is 11.7.